The summed E-state index contributed by atoms with van der Waals surface area (Å²) in [6.45, 7) is 4.30. The summed E-state index contributed by atoms with van der Waals surface area (Å²) < 4.78 is 14.4. The predicted molar refractivity (Wildman–Crippen MR) is 76.4 cm³/mol. The molecular weight excluding hydrogens is 303 g/mol. The largest absolute Gasteiger partial charge is 0.271 e. The lowest BCUT2D eigenvalue weighted by molar-refractivity contribution is 0.542. The van der Waals surface area contributed by atoms with Gasteiger partial charge in [-0.05, 0) is 28.4 Å². The zero-order chi connectivity index (χ0) is 12.8. The Morgan fingerprint density at radius 1 is 1.53 bits per heavy atom. The monoisotopic (exact) mass is 320 g/mol. The highest BCUT2D eigenvalue weighted by molar-refractivity contribution is 9.10. The van der Waals surface area contributed by atoms with Crippen LogP contribution in [0.25, 0.3) is 0 Å². The normalized spacial score (nSPS) is 14.6. The minimum absolute atomic E-state index is 0.161. The van der Waals surface area contributed by atoms with Gasteiger partial charge in [0.2, 0.25) is 0 Å². The van der Waals surface area contributed by atoms with Crippen LogP contribution in [-0.4, -0.2) is 11.0 Å². The highest BCUT2D eigenvalue weighted by Gasteiger charge is 2.16. The van der Waals surface area contributed by atoms with Crippen LogP contribution in [0.1, 0.15) is 31.9 Å². The summed E-state index contributed by atoms with van der Waals surface area (Å²) >= 11 is 4.98. The van der Waals surface area contributed by atoms with Gasteiger partial charge in [-0.25, -0.2) is 4.39 Å². The minimum atomic E-state index is -0.236. The van der Waals surface area contributed by atoms with Gasteiger partial charge in [0.1, 0.15) is 5.82 Å². The maximum atomic E-state index is 13.9. The maximum absolute atomic E-state index is 13.9. The van der Waals surface area contributed by atoms with E-state index in [0.717, 1.165) is 12.2 Å². The third kappa shape index (κ3) is 4.25. The van der Waals surface area contributed by atoms with E-state index in [1.807, 2.05) is 6.07 Å². The number of nitrogens with two attached hydrogens (primary N) is 1. The molecule has 3 N–H and O–H groups in total. The van der Waals surface area contributed by atoms with Crippen LogP contribution < -0.4 is 11.3 Å². The number of thioether (sulfide) groups is 1. The molecule has 0 aromatic heterocycles. The van der Waals surface area contributed by atoms with E-state index in [1.54, 1.807) is 23.9 Å². The van der Waals surface area contributed by atoms with Crippen LogP contribution in [0, 0.1) is 5.82 Å². The van der Waals surface area contributed by atoms with Crippen molar-refractivity contribution in [3.05, 3.63) is 34.1 Å². The van der Waals surface area contributed by atoms with Gasteiger partial charge in [0, 0.05) is 16.6 Å². The molecule has 0 fully saturated rings. The molecule has 5 heteroatoms. The molecule has 2 nitrogen and oxygen atoms in total. The number of benzene rings is 1. The SMILES string of the molecule is CCC(C)SCC(NN)c1cccc(Br)c1F. The average molecular weight is 321 g/mol. The van der Waals surface area contributed by atoms with Gasteiger partial charge < -0.3 is 0 Å². The summed E-state index contributed by atoms with van der Waals surface area (Å²) in [4.78, 5) is 0. The number of halogens is 2. The molecular formula is C12H18BrFN2S. The number of rotatable bonds is 6. The molecule has 1 aromatic carbocycles. The Hall–Kier alpha value is -0.100. The van der Waals surface area contributed by atoms with Gasteiger partial charge in [0.15, 0.2) is 0 Å². The Morgan fingerprint density at radius 2 is 2.24 bits per heavy atom. The second kappa shape index (κ2) is 7.36. The van der Waals surface area contributed by atoms with Crippen molar-refractivity contribution in [1.29, 1.82) is 0 Å². The van der Waals surface area contributed by atoms with Crippen molar-refractivity contribution in [3.63, 3.8) is 0 Å². The highest BCUT2D eigenvalue weighted by atomic mass is 79.9. The smallest absolute Gasteiger partial charge is 0.142 e. The first-order chi connectivity index (χ1) is 8.10. The molecule has 17 heavy (non-hydrogen) atoms. The van der Waals surface area contributed by atoms with E-state index < -0.39 is 0 Å². The highest BCUT2D eigenvalue weighted by Crippen LogP contribution is 2.27. The van der Waals surface area contributed by atoms with E-state index >= 15 is 0 Å². The zero-order valence-electron chi connectivity index (χ0n) is 10.0. The second-order valence-corrected chi connectivity index (χ2v) is 6.24. The molecule has 1 aromatic rings. The number of hydrogen-bond donors (Lipinski definition) is 2. The van der Waals surface area contributed by atoms with E-state index in [0.29, 0.717) is 15.3 Å². The van der Waals surface area contributed by atoms with Crippen molar-refractivity contribution < 1.29 is 4.39 Å². The maximum Gasteiger partial charge on any atom is 0.142 e. The fourth-order valence-electron chi connectivity index (χ4n) is 1.40. The lowest BCUT2D eigenvalue weighted by atomic mass is 10.1. The van der Waals surface area contributed by atoms with Crippen molar-refractivity contribution in [2.24, 2.45) is 5.84 Å². The van der Waals surface area contributed by atoms with Gasteiger partial charge in [0.05, 0.1) is 10.5 Å². The molecule has 1 rings (SSSR count). The molecule has 96 valence electrons. The molecule has 0 amide bonds. The van der Waals surface area contributed by atoms with E-state index in [-0.39, 0.29) is 11.9 Å². The third-order valence-corrected chi connectivity index (χ3v) is 4.72. The van der Waals surface area contributed by atoms with E-state index in [9.17, 15) is 4.39 Å². The molecule has 0 radical (unpaired) electrons. The van der Waals surface area contributed by atoms with Crippen molar-refractivity contribution in [2.75, 3.05) is 5.75 Å². The Morgan fingerprint density at radius 3 is 2.82 bits per heavy atom. The fourth-order valence-corrected chi connectivity index (χ4v) is 2.81. The molecule has 0 bridgehead atoms. The van der Waals surface area contributed by atoms with Gasteiger partial charge in [-0.2, -0.15) is 11.8 Å². The second-order valence-electron chi connectivity index (χ2n) is 3.91. The molecule has 0 aliphatic heterocycles. The quantitative estimate of drug-likeness (QED) is 0.621. The van der Waals surface area contributed by atoms with Crippen molar-refractivity contribution >= 4 is 27.7 Å². The van der Waals surface area contributed by atoms with Crippen molar-refractivity contribution in [1.82, 2.24) is 5.43 Å². The van der Waals surface area contributed by atoms with Crippen LogP contribution in [0.5, 0.6) is 0 Å². The predicted octanol–water partition coefficient (Wildman–Crippen LogP) is 3.62. The summed E-state index contributed by atoms with van der Waals surface area (Å²) in [6, 6.07) is 5.11. The molecule has 2 atom stereocenters. The standard InChI is InChI=1S/C12H18BrFN2S/c1-3-8(2)17-7-11(16-15)9-5-4-6-10(13)12(9)14/h4-6,8,11,16H,3,7,15H2,1-2H3. The summed E-state index contributed by atoms with van der Waals surface area (Å²) in [5.41, 5.74) is 3.29. The van der Waals surface area contributed by atoms with Crippen LogP contribution in [0.4, 0.5) is 4.39 Å². The lowest BCUT2D eigenvalue weighted by Gasteiger charge is -2.19. The van der Waals surface area contributed by atoms with Gasteiger partial charge in [-0.3, -0.25) is 11.3 Å². The first kappa shape index (κ1) is 15.0. The van der Waals surface area contributed by atoms with Crippen LogP contribution >= 0.6 is 27.7 Å². The third-order valence-electron chi connectivity index (χ3n) is 2.68. The van der Waals surface area contributed by atoms with Crippen molar-refractivity contribution in [3.8, 4) is 0 Å². The van der Waals surface area contributed by atoms with Gasteiger partial charge in [0.25, 0.3) is 0 Å². The van der Waals surface area contributed by atoms with E-state index in [1.165, 1.54) is 0 Å². The Kier molecular flexibility index (Phi) is 6.48. The van der Waals surface area contributed by atoms with Gasteiger partial charge in [-0.1, -0.05) is 26.0 Å². The number of nitrogens with one attached hydrogen (secondary N) is 1. The van der Waals surface area contributed by atoms with Crippen LogP contribution in [0.2, 0.25) is 0 Å². The minimum Gasteiger partial charge on any atom is -0.271 e. The molecule has 0 heterocycles. The first-order valence-electron chi connectivity index (χ1n) is 5.61. The summed E-state index contributed by atoms with van der Waals surface area (Å²) in [5, 5.41) is 0.557. The number of hydrazine groups is 1. The molecule has 0 aliphatic carbocycles. The zero-order valence-corrected chi connectivity index (χ0v) is 12.4. The summed E-state index contributed by atoms with van der Waals surface area (Å²) in [7, 11) is 0. The topological polar surface area (TPSA) is 38.0 Å². The van der Waals surface area contributed by atoms with Crippen LogP contribution in [0.3, 0.4) is 0 Å². The first-order valence-corrected chi connectivity index (χ1v) is 7.46. The molecule has 0 saturated heterocycles. The van der Waals surface area contributed by atoms with Gasteiger partial charge in [-0.15, -0.1) is 0 Å². The molecule has 0 saturated carbocycles. The molecule has 2 unspecified atom stereocenters. The Labute approximate surface area is 115 Å². The van der Waals surface area contributed by atoms with E-state index in [4.69, 9.17) is 5.84 Å². The van der Waals surface area contributed by atoms with Gasteiger partial charge >= 0.3 is 0 Å². The lowest BCUT2D eigenvalue weighted by Crippen LogP contribution is -2.30. The van der Waals surface area contributed by atoms with E-state index in [2.05, 4.69) is 35.2 Å². The molecule has 0 aliphatic rings. The van der Waals surface area contributed by atoms with Crippen LogP contribution in [0.15, 0.2) is 22.7 Å². The van der Waals surface area contributed by atoms with Crippen LogP contribution in [-0.2, 0) is 0 Å². The molecule has 0 spiro atoms. The summed E-state index contributed by atoms with van der Waals surface area (Å²) in [5.74, 6) is 6.03. The van der Waals surface area contributed by atoms with Crippen molar-refractivity contribution in [2.45, 2.75) is 31.6 Å². The Balaban J connectivity index is 2.76. The Bertz CT molecular complexity index is 362. The summed E-state index contributed by atoms with van der Waals surface area (Å²) in [6.07, 6.45) is 1.10. The average Bonchev–Trinajstić information content (AvgIpc) is 2.34. The number of hydrogen-bond acceptors (Lipinski definition) is 3. The fraction of sp³-hybridized carbons (Fsp3) is 0.500.